The average Bonchev–Trinajstić information content (AvgIpc) is 3.23. The lowest BCUT2D eigenvalue weighted by Gasteiger charge is -2.39. The zero-order valence-electron chi connectivity index (χ0n) is 14.3. The number of hydrogen-bond acceptors (Lipinski definition) is 3. The smallest absolute Gasteiger partial charge is 0.317 e. The minimum atomic E-state index is -0.223. The Balaban J connectivity index is 1.50. The van der Waals surface area contributed by atoms with Crippen LogP contribution >= 0.6 is 0 Å². The van der Waals surface area contributed by atoms with Crippen LogP contribution in [-0.2, 0) is 11.3 Å². The van der Waals surface area contributed by atoms with Crippen LogP contribution in [-0.4, -0.2) is 46.0 Å². The van der Waals surface area contributed by atoms with E-state index in [1.54, 1.807) is 0 Å². The normalized spacial score (nSPS) is 25.7. The number of hydrogen-bond donors (Lipinski definition) is 1. The van der Waals surface area contributed by atoms with Gasteiger partial charge in [0.2, 0.25) is 0 Å². The second-order valence-corrected chi connectivity index (χ2v) is 6.96. The third-order valence-corrected chi connectivity index (χ3v) is 5.16. The summed E-state index contributed by atoms with van der Waals surface area (Å²) in [7, 11) is 0. The highest BCUT2D eigenvalue weighted by Gasteiger charge is 2.32. The molecule has 2 fully saturated rings. The maximum atomic E-state index is 12.4. The van der Waals surface area contributed by atoms with Crippen LogP contribution < -0.4 is 5.32 Å². The van der Waals surface area contributed by atoms with Gasteiger partial charge in [0, 0.05) is 12.7 Å². The van der Waals surface area contributed by atoms with Crippen molar-refractivity contribution in [2.45, 2.75) is 64.1 Å². The maximum Gasteiger partial charge on any atom is 0.317 e. The number of amides is 2. The monoisotopic (exact) mass is 320 g/mol. The summed E-state index contributed by atoms with van der Waals surface area (Å²) in [4.78, 5) is 14.2. The van der Waals surface area contributed by atoms with Crippen molar-refractivity contribution in [1.29, 1.82) is 0 Å². The standard InChI is InChI=1S/C17H28N4O2/c1-3-17(2)13-20(10-11-23-17)16(22)18-12-14-8-9-21(19-14)15-6-4-5-7-15/h8-9,15H,3-7,10-13H2,1-2H3,(H,18,22)/t17-/m1/s1. The molecule has 2 heterocycles. The van der Waals surface area contributed by atoms with Gasteiger partial charge in [-0.1, -0.05) is 19.8 Å². The zero-order chi connectivity index (χ0) is 16.3. The van der Waals surface area contributed by atoms with E-state index in [1.165, 1.54) is 25.7 Å². The quantitative estimate of drug-likeness (QED) is 0.928. The van der Waals surface area contributed by atoms with Gasteiger partial charge in [0.15, 0.2) is 0 Å². The van der Waals surface area contributed by atoms with Gasteiger partial charge in [0.25, 0.3) is 0 Å². The molecule has 0 unspecified atom stereocenters. The fourth-order valence-electron chi connectivity index (χ4n) is 3.44. The van der Waals surface area contributed by atoms with Crippen molar-refractivity contribution in [3.8, 4) is 0 Å². The van der Waals surface area contributed by atoms with E-state index in [-0.39, 0.29) is 11.6 Å². The lowest BCUT2D eigenvalue weighted by atomic mass is 10.0. The van der Waals surface area contributed by atoms with Crippen LogP contribution in [0.1, 0.15) is 57.7 Å². The number of nitrogens with one attached hydrogen (secondary N) is 1. The minimum Gasteiger partial charge on any atom is -0.372 e. The molecule has 1 aliphatic heterocycles. The summed E-state index contributed by atoms with van der Waals surface area (Å²) in [5, 5.41) is 7.60. The molecule has 23 heavy (non-hydrogen) atoms. The minimum absolute atomic E-state index is 0.0246. The molecular formula is C17H28N4O2. The highest BCUT2D eigenvalue weighted by Crippen LogP contribution is 2.28. The molecule has 1 aromatic rings. The molecule has 1 atom stereocenters. The summed E-state index contributed by atoms with van der Waals surface area (Å²) >= 11 is 0. The van der Waals surface area contributed by atoms with Gasteiger partial charge < -0.3 is 15.0 Å². The predicted molar refractivity (Wildman–Crippen MR) is 88.2 cm³/mol. The van der Waals surface area contributed by atoms with Gasteiger partial charge in [-0.15, -0.1) is 0 Å². The second-order valence-electron chi connectivity index (χ2n) is 6.96. The Morgan fingerprint density at radius 3 is 3.00 bits per heavy atom. The van der Waals surface area contributed by atoms with Crippen molar-refractivity contribution in [3.05, 3.63) is 18.0 Å². The van der Waals surface area contributed by atoms with Crippen LogP contribution in [0.5, 0.6) is 0 Å². The van der Waals surface area contributed by atoms with Crippen LogP contribution in [0.25, 0.3) is 0 Å². The molecule has 1 saturated heterocycles. The molecule has 0 bridgehead atoms. The number of nitrogens with zero attached hydrogens (tertiary/aromatic N) is 3. The molecule has 1 saturated carbocycles. The van der Waals surface area contributed by atoms with Crippen molar-refractivity contribution in [2.24, 2.45) is 0 Å². The fourth-order valence-corrected chi connectivity index (χ4v) is 3.44. The van der Waals surface area contributed by atoms with Gasteiger partial charge in [0.1, 0.15) is 0 Å². The first-order chi connectivity index (χ1) is 11.1. The molecule has 1 N–H and O–H groups in total. The molecule has 0 aromatic carbocycles. The van der Waals surface area contributed by atoms with Crippen molar-refractivity contribution < 1.29 is 9.53 Å². The molecule has 2 amide bonds. The van der Waals surface area contributed by atoms with E-state index in [4.69, 9.17) is 4.74 Å². The molecule has 3 rings (SSSR count). The first-order valence-corrected chi connectivity index (χ1v) is 8.80. The van der Waals surface area contributed by atoms with Crippen LogP contribution in [0.2, 0.25) is 0 Å². The van der Waals surface area contributed by atoms with Gasteiger partial charge in [-0.2, -0.15) is 5.10 Å². The number of carbonyl (C=O) groups is 1. The van der Waals surface area contributed by atoms with Crippen molar-refractivity contribution in [1.82, 2.24) is 20.0 Å². The highest BCUT2D eigenvalue weighted by molar-refractivity contribution is 5.74. The molecule has 6 nitrogen and oxygen atoms in total. The Morgan fingerprint density at radius 1 is 1.48 bits per heavy atom. The van der Waals surface area contributed by atoms with Gasteiger partial charge in [0.05, 0.1) is 37.0 Å². The van der Waals surface area contributed by atoms with E-state index in [1.807, 2.05) is 17.2 Å². The van der Waals surface area contributed by atoms with Crippen molar-refractivity contribution in [2.75, 3.05) is 19.7 Å². The van der Waals surface area contributed by atoms with Gasteiger partial charge >= 0.3 is 6.03 Å². The topological polar surface area (TPSA) is 59.4 Å². The summed E-state index contributed by atoms with van der Waals surface area (Å²) < 4.78 is 7.85. The van der Waals surface area contributed by atoms with Gasteiger partial charge in [-0.05, 0) is 32.3 Å². The number of urea groups is 1. The summed E-state index contributed by atoms with van der Waals surface area (Å²) in [5.41, 5.74) is 0.705. The SMILES string of the molecule is CC[C@]1(C)CN(C(=O)NCc2ccn(C3CCCC3)n2)CCO1. The lowest BCUT2D eigenvalue weighted by molar-refractivity contribution is -0.0872. The summed E-state index contributed by atoms with van der Waals surface area (Å²) in [5.74, 6) is 0. The van der Waals surface area contributed by atoms with E-state index < -0.39 is 0 Å². The van der Waals surface area contributed by atoms with Crippen LogP contribution in [0.4, 0.5) is 4.79 Å². The first kappa shape index (κ1) is 16.3. The number of aromatic nitrogens is 2. The molecule has 0 radical (unpaired) electrons. The molecule has 6 heteroatoms. The molecular weight excluding hydrogens is 292 g/mol. The molecule has 1 aromatic heterocycles. The number of ether oxygens (including phenoxy) is 1. The maximum absolute atomic E-state index is 12.4. The molecule has 0 spiro atoms. The van der Waals surface area contributed by atoms with Crippen LogP contribution in [0.3, 0.4) is 0 Å². The van der Waals surface area contributed by atoms with Crippen molar-refractivity contribution >= 4 is 6.03 Å². The molecule has 2 aliphatic rings. The Morgan fingerprint density at radius 2 is 2.26 bits per heavy atom. The second kappa shape index (κ2) is 6.91. The number of carbonyl (C=O) groups excluding carboxylic acids is 1. The summed E-state index contributed by atoms with van der Waals surface area (Å²) in [6.07, 6.45) is 7.98. The first-order valence-electron chi connectivity index (χ1n) is 8.80. The summed E-state index contributed by atoms with van der Waals surface area (Å²) in [6.45, 7) is 6.55. The fraction of sp³-hybridized carbons (Fsp3) is 0.765. The van der Waals surface area contributed by atoms with E-state index in [0.29, 0.717) is 32.3 Å². The Kier molecular flexibility index (Phi) is 4.90. The van der Waals surface area contributed by atoms with E-state index in [9.17, 15) is 4.79 Å². The zero-order valence-corrected chi connectivity index (χ0v) is 14.3. The van der Waals surface area contributed by atoms with Gasteiger partial charge in [-0.25, -0.2) is 4.79 Å². The Labute approximate surface area is 138 Å². The van der Waals surface area contributed by atoms with Crippen molar-refractivity contribution in [3.63, 3.8) is 0 Å². The van der Waals surface area contributed by atoms with E-state index in [2.05, 4.69) is 28.9 Å². The van der Waals surface area contributed by atoms with E-state index >= 15 is 0 Å². The van der Waals surface area contributed by atoms with E-state index in [0.717, 1.165) is 12.1 Å². The predicted octanol–water partition coefficient (Wildman–Crippen LogP) is 2.71. The largest absolute Gasteiger partial charge is 0.372 e. The Hall–Kier alpha value is -1.56. The van der Waals surface area contributed by atoms with Crippen LogP contribution in [0, 0.1) is 0 Å². The third-order valence-electron chi connectivity index (χ3n) is 5.16. The highest BCUT2D eigenvalue weighted by atomic mass is 16.5. The molecule has 1 aliphatic carbocycles. The lowest BCUT2D eigenvalue weighted by Crippen LogP contribution is -2.54. The van der Waals surface area contributed by atoms with Crippen LogP contribution in [0.15, 0.2) is 12.3 Å². The number of morpholine rings is 1. The average molecular weight is 320 g/mol. The van der Waals surface area contributed by atoms with Gasteiger partial charge in [-0.3, -0.25) is 4.68 Å². The Bertz CT molecular complexity index is 538. The molecule has 128 valence electrons. The number of rotatable bonds is 4. The summed E-state index contributed by atoms with van der Waals surface area (Å²) in [6, 6.07) is 2.53. The third kappa shape index (κ3) is 3.86.